The molecule has 0 saturated heterocycles. The Hall–Kier alpha value is -2.04. The number of aryl methyl sites for hydroxylation is 1. The molecule has 0 radical (unpaired) electrons. The van der Waals surface area contributed by atoms with Crippen LogP contribution < -0.4 is 15.4 Å². The van der Waals surface area contributed by atoms with Crippen LogP contribution in [0.4, 0.5) is 5.69 Å². The second kappa shape index (κ2) is 6.61. The molecular formula is C16H22N2O3. The third-order valence-corrected chi connectivity index (χ3v) is 3.99. The fourth-order valence-electron chi connectivity index (χ4n) is 2.67. The van der Waals surface area contributed by atoms with E-state index in [2.05, 4.69) is 17.6 Å². The van der Waals surface area contributed by atoms with Gasteiger partial charge in [0.25, 0.3) is 0 Å². The van der Waals surface area contributed by atoms with E-state index in [1.165, 1.54) is 7.11 Å². The Balaban J connectivity index is 1.99. The van der Waals surface area contributed by atoms with Crippen LogP contribution >= 0.6 is 0 Å². The molecule has 2 atom stereocenters. The van der Waals surface area contributed by atoms with E-state index in [1.807, 2.05) is 19.1 Å². The molecule has 0 aliphatic heterocycles. The highest BCUT2D eigenvalue weighted by Crippen LogP contribution is 2.26. The summed E-state index contributed by atoms with van der Waals surface area (Å²) in [6.45, 7) is 4.03. The van der Waals surface area contributed by atoms with E-state index in [4.69, 9.17) is 4.74 Å². The van der Waals surface area contributed by atoms with Crippen molar-refractivity contribution in [2.24, 2.45) is 5.92 Å². The summed E-state index contributed by atoms with van der Waals surface area (Å²) in [5.41, 5.74) is 1.52. The number of carbonyl (C=O) groups is 2. The molecule has 1 aliphatic carbocycles. The molecule has 1 fully saturated rings. The summed E-state index contributed by atoms with van der Waals surface area (Å²) >= 11 is 0. The summed E-state index contributed by atoms with van der Waals surface area (Å²) < 4.78 is 5.21. The van der Waals surface area contributed by atoms with Crippen molar-refractivity contribution in [1.29, 1.82) is 0 Å². The molecule has 0 heterocycles. The standard InChI is InChI=1S/C16H22N2O3/c1-10-7-8-13(14(9-10)21-3)18-16(20)15(19)17-12-6-4-5-11(12)2/h7-9,11-12H,4-6H2,1-3H3,(H,17,19)(H,18,20)/t11-,12-/m0/s1. The lowest BCUT2D eigenvalue weighted by atomic mass is 10.1. The molecule has 0 unspecified atom stereocenters. The minimum atomic E-state index is -0.656. The Bertz CT molecular complexity index is 542. The molecule has 1 aromatic rings. The van der Waals surface area contributed by atoms with Crippen molar-refractivity contribution in [2.75, 3.05) is 12.4 Å². The van der Waals surface area contributed by atoms with Crippen LogP contribution in [0.25, 0.3) is 0 Å². The van der Waals surface area contributed by atoms with Gasteiger partial charge in [0.05, 0.1) is 12.8 Å². The van der Waals surface area contributed by atoms with Crippen LogP contribution in [0.15, 0.2) is 18.2 Å². The second-order valence-electron chi connectivity index (χ2n) is 5.65. The zero-order valence-corrected chi connectivity index (χ0v) is 12.7. The monoisotopic (exact) mass is 290 g/mol. The molecular weight excluding hydrogens is 268 g/mol. The number of rotatable bonds is 3. The molecule has 5 nitrogen and oxygen atoms in total. The fraction of sp³-hybridized carbons (Fsp3) is 0.500. The first-order valence-electron chi connectivity index (χ1n) is 7.27. The Morgan fingerprint density at radius 2 is 2.00 bits per heavy atom. The van der Waals surface area contributed by atoms with E-state index in [0.717, 1.165) is 24.8 Å². The first kappa shape index (κ1) is 15.4. The molecule has 2 rings (SSSR count). The minimum absolute atomic E-state index is 0.100. The third-order valence-electron chi connectivity index (χ3n) is 3.99. The molecule has 2 N–H and O–H groups in total. The fourth-order valence-corrected chi connectivity index (χ4v) is 2.67. The first-order valence-corrected chi connectivity index (χ1v) is 7.27. The Morgan fingerprint density at radius 3 is 2.62 bits per heavy atom. The molecule has 5 heteroatoms. The third kappa shape index (κ3) is 3.74. The Kier molecular flexibility index (Phi) is 4.83. The van der Waals surface area contributed by atoms with Crippen LogP contribution in [-0.2, 0) is 9.59 Å². The number of anilines is 1. The van der Waals surface area contributed by atoms with Crippen LogP contribution in [0.1, 0.15) is 31.7 Å². The van der Waals surface area contributed by atoms with Gasteiger partial charge in [0.15, 0.2) is 0 Å². The smallest absolute Gasteiger partial charge is 0.313 e. The van der Waals surface area contributed by atoms with E-state index >= 15 is 0 Å². The first-order chi connectivity index (χ1) is 10.0. The van der Waals surface area contributed by atoms with Gasteiger partial charge in [-0.3, -0.25) is 9.59 Å². The number of hydrogen-bond donors (Lipinski definition) is 2. The summed E-state index contributed by atoms with van der Waals surface area (Å²) in [5, 5.41) is 5.41. The van der Waals surface area contributed by atoms with Gasteiger partial charge in [-0.2, -0.15) is 0 Å². The minimum Gasteiger partial charge on any atom is -0.495 e. The van der Waals surface area contributed by atoms with Crippen molar-refractivity contribution in [2.45, 2.75) is 39.2 Å². The quantitative estimate of drug-likeness (QED) is 0.839. The van der Waals surface area contributed by atoms with Gasteiger partial charge in [0.2, 0.25) is 0 Å². The van der Waals surface area contributed by atoms with Gasteiger partial charge in [0, 0.05) is 6.04 Å². The van der Waals surface area contributed by atoms with Crippen molar-refractivity contribution in [3.8, 4) is 5.75 Å². The largest absolute Gasteiger partial charge is 0.495 e. The molecule has 0 aromatic heterocycles. The van der Waals surface area contributed by atoms with Crippen LogP contribution in [-0.4, -0.2) is 25.0 Å². The lowest BCUT2D eigenvalue weighted by Crippen LogP contribution is -2.42. The predicted molar refractivity (Wildman–Crippen MR) is 81.3 cm³/mol. The molecule has 0 bridgehead atoms. The van der Waals surface area contributed by atoms with Gasteiger partial charge >= 0.3 is 11.8 Å². The van der Waals surface area contributed by atoms with Crippen LogP contribution in [0.5, 0.6) is 5.75 Å². The number of hydrogen-bond acceptors (Lipinski definition) is 3. The maximum atomic E-state index is 12.0. The highest BCUT2D eigenvalue weighted by atomic mass is 16.5. The van der Waals surface area contributed by atoms with E-state index in [-0.39, 0.29) is 6.04 Å². The Morgan fingerprint density at radius 1 is 1.24 bits per heavy atom. The topological polar surface area (TPSA) is 67.4 Å². The zero-order valence-electron chi connectivity index (χ0n) is 12.7. The van der Waals surface area contributed by atoms with Crippen molar-refractivity contribution in [1.82, 2.24) is 5.32 Å². The van der Waals surface area contributed by atoms with Crippen molar-refractivity contribution in [3.63, 3.8) is 0 Å². The van der Waals surface area contributed by atoms with E-state index in [1.54, 1.807) is 6.07 Å². The van der Waals surface area contributed by atoms with Crippen LogP contribution in [0.2, 0.25) is 0 Å². The maximum Gasteiger partial charge on any atom is 0.313 e. The number of benzene rings is 1. The summed E-state index contributed by atoms with van der Waals surface area (Å²) in [6.07, 6.45) is 3.13. The van der Waals surface area contributed by atoms with Crippen molar-refractivity contribution >= 4 is 17.5 Å². The van der Waals surface area contributed by atoms with Gasteiger partial charge in [-0.05, 0) is 43.4 Å². The maximum absolute atomic E-state index is 12.0. The number of nitrogens with one attached hydrogen (secondary N) is 2. The molecule has 2 amide bonds. The van der Waals surface area contributed by atoms with Gasteiger partial charge in [-0.25, -0.2) is 0 Å². The van der Waals surface area contributed by atoms with Crippen molar-refractivity contribution in [3.05, 3.63) is 23.8 Å². The second-order valence-corrected chi connectivity index (χ2v) is 5.65. The van der Waals surface area contributed by atoms with Gasteiger partial charge in [-0.15, -0.1) is 0 Å². The normalized spacial score (nSPS) is 20.9. The molecule has 0 spiro atoms. The summed E-state index contributed by atoms with van der Waals surface area (Å²) in [7, 11) is 1.53. The number of methoxy groups -OCH3 is 1. The van der Waals surface area contributed by atoms with Gasteiger partial charge in [-0.1, -0.05) is 19.4 Å². The van der Waals surface area contributed by atoms with E-state index in [0.29, 0.717) is 17.4 Å². The molecule has 21 heavy (non-hydrogen) atoms. The van der Waals surface area contributed by atoms with E-state index in [9.17, 15) is 9.59 Å². The van der Waals surface area contributed by atoms with E-state index < -0.39 is 11.8 Å². The van der Waals surface area contributed by atoms with Gasteiger partial charge in [0.1, 0.15) is 5.75 Å². The Labute approximate surface area is 125 Å². The number of ether oxygens (including phenoxy) is 1. The SMILES string of the molecule is COc1cc(C)ccc1NC(=O)C(=O)N[C@H]1CCC[C@@H]1C. The molecule has 1 aromatic carbocycles. The summed E-state index contributed by atoms with van der Waals surface area (Å²) in [6, 6.07) is 5.50. The van der Waals surface area contributed by atoms with Gasteiger partial charge < -0.3 is 15.4 Å². The average molecular weight is 290 g/mol. The molecule has 1 saturated carbocycles. The highest BCUT2D eigenvalue weighted by Gasteiger charge is 2.27. The number of carbonyl (C=O) groups excluding carboxylic acids is 2. The summed E-state index contributed by atoms with van der Waals surface area (Å²) in [4.78, 5) is 23.9. The lowest BCUT2D eigenvalue weighted by molar-refractivity contribution is -0.136. The van der Waals surface area contributed by atoms with Crippen LogP contribution in [0, 0.1) is 12.8 Å². The summed E-state index contributed by atoms with van der Waals surface area (Å²) in [5.74, 6) is -0.270. The zero-order chi connectivity index (χ0) is 15.4. The number of amides is 2. The average Bonchev–Trinajstić information content (AvgIpc) is 2.86. The molecule has 114 valence electrons. The van der Waals surface area contributed by atoms with Crippen molar-refractivity contribution < 1.29 is 14.3 Å². The highest BCUT2D eigenvalue weighted by molar-refractivity contribution is 6.39. The molecule has 1 aliphatic rings. The van der Waals surface area contributed by atoms with Crippen LogP contribution in [0.3, 0.4) is 0 Å². The lowest BCUT2D eigenvalue weighted by Gasteiger charge is -2.17. The predicted octanol–water partition coefficient (Wildman–Crippen LogP) is 2.25.